The number of likely N-dealkylation sites (N-methyl/N-ethyl adjacent to an activating group) is 1. The van der Waals surface area contributed by atoms with Crippen molar-refractivity contribution in [1.82, 2.24) is 4.90 Å². The fourth-order valence-electron chi connectivity index (χ4n) is 2.07. The molecule has 0 spiro atoms. The Morgan fingerprint density at radius 1 is 1.44 bits per heavy atom. The van der Waals surface area contributed by atoms with Crippen LogP contribution in [0, 0.1) is 5.92 Å². The van der Waals surface area contributed by atoms with E-state index in [-0.39, 0.29) is 6.61 Å². The summed E-state index contributed by atoms with van der Waals surface area (Å²) in [6.07, 6.45) is 2.33. The minimum atomic E-state index is -0.401. The third-order valence-corrected chi connectivity index (χ3v) is 3.41. The summed E-state index contributed by atoms with van der Waals surface area (Å²) < 4.78 is 5.35. The van der Waals surface area contributed by atoms with Gasteiger partial charge in [-0.1, -0.05) is 6.92 Å². The molecule has 0 aromatic carbocycles. The van der Waals surface area contributed by atoms with Crippen LogP contribution in [0.1, 0.15) is 26.7 Å². The largest absolute Gasteiger partial charge is 0.394 e. The monoisotopic (exact) mass is 230 g/mol. The molecule has 0 aromatic heterocycles. The molecule has 1 aliphatic carbocycles. The van der Waals surface area contributed by atoms with Crippen molar-refractivity contribution < 1.29 is 9.84 Å². The van der Waals surface area contributed by atoms with Gasteiger partial charge in [-0.25, -0.2) is 0 Å². The first kappa shape index (κ1) is 13.9. The molecular weight excluding hydrogens is 204 g/mol. The fraction of sp³-hybridized carbons (Fsp3) is 1.00. The van der Waals surface area contributed by atoms with Crippen molar-refractivity contribution in [1.29, 1.82) is 0 Å². The topological polar surface area (TPSA) is 58.7 Å². The van der Waals surface area contributed by atoms with E-state index in [0.29, 0.717) is 5.92 Å². The average molecular weight is 230 g/mol. The predicted octanol–water partition coefficient (Wildman–Crippen LogP) is 0.445. The zero-order valence-corrected chi connectivity index (χ0v) is 10.6. The van der Waals surface area contributed by atoms with Crippen LogP contribution in [0.15, 0.2) is 0 Å². The summed E-state index contributed by atoms with van der Waals surface area (Å²) in [5, 5.41) is 9.43. The number of hydrogen-bond acceptors (Lipinski definition) is 4. The molecule has 96 valence electrons. The van der Waals surface area contributed by atoms with Crippen molar-refractivity contribution >= 4 is 0 Å². The quantitative estimate of drug-likeness (QED) is 0.565. The lowest BCUT2D eigenvalue weighted by Crippen LogP contribution is -2.55. The van der Waals surface area contributed by atoms with Crippen LogP contribution in [-0.2, 0) is 4.74 Å². The molecule has 1 atom stereocenters. The molecule has 0 radical (unpaired) electrons. The van der Waals surface area contributed by atoms with Gasteiger partial charge in [-0.05, 0) is 32.2 Å². The van der Waals surface area contributed by atoms with Gasteiger partial charge in [0.05, 0.1) is 18.8 Å². The Labute approximate surface area is 98.8 Å². The highest BCUT2D eigenvalue weighted by Crippen LogP contribution is 2.38. The fourth-order valence-corrected chi connectivity index (χ4v) is 2.07. The molecule has 4 nitrogen and oxygen atoms in total. The van der Waals surface area contributed by atoms with Crippen LogP contribution in [0.3, 0.4) is 0 Å². The summed E-state index contributed by atoms with van der Waals surface area (Å²) in [7, 11) is 0. The second-order valence-electron chi connectivity index (χ2n) is 4.73. The first-order chi connectivity index (χ1) is 7.66. The van der Waals surface area contributed by atoms with Crippen LogP contribution < -0.4 is 5.73 Å². The lowest BCUT2D eigenvalue weighted by atomic mass is 9.95. The Kier molecular flexibility index (Phi) is 5.69. The molecule has 16 heavy (non-hydrogen) atoms. The van der Waals surface area contributed by atoms with Gasteiger partial charge in [-0.15, -0.1) is 0 Å². The van der Waals surface area contributed by atoms with Crippen LogP contribution in [0.2, 0.25) is 0 Å². The van der Waals surface area contributed by atoms with E-state index in [2.05, 4.69) is 11.8 Å². The number of nitrogens with two attached hydrogens (primary N) is 1. The highest BCUT2D eigenvalue weighted by atomic mass is 16.5. The number of rotatable bonds is 9. The standard InChI is InChI=1S/C12H26N2O2/c1-3-14(7-8-16-4-2)9-12(13,10-15)11-5-6-11/h11,15H,3-10,13H2,1-2H3. The molecule has 0 aliphatic heterocycles. The molecule has 1 unspecified atom stereocenters. The third-order valence-electron chi connectivity index (χ3n) is 3.41. The predicted molar refractivity (Wildman–Crippen MR) is 65.3 cm³/mol. The van der Waals surface area contributed by atoms with Gasteiger partial charge in [0, 0.05) is 19.7 Å². The van der Waals surface area contributed by atoms with E-state index in [0.717, 1.165) is 32.8 Å². The van der Waals surface area contributed by atoms with Gasteiger partial charge in [0.1, 0.15) is 0 Å². The van der Waals surface area contributed by atoms with Crippen molar-refractivity contribution in [3.63, 3.8) is 0 Å². The van der Waals surface area contributed by atoms with Crippen molar-refractivity contribution in [2.24, 2.45) is 11.7 Å². The molecule has 0 aromatic rings. The summed E-state index contributed by atoms with van der Waals surface area (Å²) >= 11 is 0. The van der Waals surface area contributed by atoms with E-state index < -0.39 is 5.54 Å². The van der Waals surface area contributed by atoms with Crippen LogP contribution in [-0.4, -0.2) is 55.0 Å². The van der Waals surface area contributed by atoms with Gasteiger partial charge in [-0.3, -0.25) is 4.90 Å². The van der Waals surface area contributed by atoms with Crippen LogP contribution >= 0.6 is 0 Å². The molecule has 1 saturated carbocycles. The van der Waals surface area contributed by atoms with Crippen LogP contribution in [0.5, 0.6) is 0 Å². The van der Waals surface area contributed by atoms with Gasteiger partial charge < -0.3 is 15.6 Å². The molecule has 4 heteroatoms. The zero-order valence-electron chi connectivity index (χ0n) is 10.6. The van der Waals surface area contributed by atoms with Crippen LogP contribution in [0.25, 0.3) is 0 Å². The number of aliphatic hydroxyl groups excluding tert-OH is 1. The Bertz CT molecular complexity index is 197. The maximum atomic E-state index is 9.43. The Morgan fingerprint density at radius 3 is 2.56 bits per heavy atom. The highest BCUT2D eigenvalue weighted by molar-refractivity contribution is 5.00. The van der Waals surface area contributed by atoms with Crippen molar-refractivity contribution in [2.75, 3.05) is 39.5 Å². The van der Waals surface area contributed by atoms with E-state index >= 15 is 0 Å². The minimum Gasteiger partial charge on any atom is -0.394 e. The second kappa shape index (κ2) is 6.55. The maximum Gasteiger partial charge on any atom is 0.0626 e. The Balaban J connectivity index is 2.34. The molecule has 0 amide bonds. The lowest BCUT2D eigenvalue weighted by molar-refractivity contribution is 0.0840. The van der Waals surface area contributed by atoms with Gasteiger partial charge in [0.25, 0.3) is 0 Å². The SMILES string of the molecule is CCOCCN(CC)CC(N)(CO)C1CC1. The van der Waals surface area contributed by atoms with Gasteiger partial charge >= 0.3 is 0 Å². The van der Waals surface area contributed by atoms with E-state index in [4.69, 9.17) is 10.5 Å². The van der Waals surface area contributed by atoms with Crippen molar-refractivity contribution in [3.05, 3.63) is 0 Å². The Hall–Kier alpha value is -0.160. The summed E-state index contributed by atoms with van der Waals surface area (Å²) in [6, 6.07) is 0. The van der Waals surface area contributed by atoms with Gasteiger partial charge in [-0.2, -0.15) is 0 Å². The second-order valence-corrected chi connectivity index (χ2v) is 4.73. The first-order valence-electron chi connectivity index (χ1n) is 6.36. The zero-order chi connectivity index (χ0) is 12.0. The van der Waals surface area contributed by atoms with Gasteiger partial charge in [0.15, 0.2) is 0 Å². The summed E-state index contributed by atoms with van der Waals surface area (Å²) in [4.78, 5) is 2.27. The number of ether oxygens (including phenoxy) is 1. The van der Waals surface area contributed by atoms with Crippen molar-refractivity contribution in [2.45, 2.75) is 32.2 Å². The molecule has 1 fully saturated rings. The van der Waals surface area contributed by atoms with Gasteiger partial charge in [0.2, 0.25) is 0 Å². The molecule has 0 saturated heterocycles. The highest BCUT2D eigenvalue weighted by Gasteiger charge is 2.42. The first-order valence-corrected chi connectivity index (χ1v) is 6.36. The minimum absolute atomic E-state index is 0.0861. The number of nitrogens with zero attached hydrogens (tertiary/aromatic N) is 1. The molecule has 0 bridgehead atoms. The van der Waals surface area contributed by atoms with E-state index in [9.17, 15) is 5.11 Å². The smallest absolute Gasteiger partial charge is 0.0626 e. The molecular formula is C12H26N2O2. The normalized spacial score (nSPS) is 20.1. The maximum absolute atomic E-state index is 9.43. The number of hydrogen-bond donors (Lipinski definition) is 2. The average Bonchev–Trinajstić information content (AvgIpc) is 3.12. The van der Waals surface area contributed by atoms with E-state index in [1.54, 1.807) is 0 Å². The summed E-state index contributed by atoms with van der Waals surface area (Å²) in [6.45, 7) is 8.35. The van der Waals surface area contributed by atoms with E-state index in [1.165, 1.54) is 12.8 Å². The number of aliphatic hydroxyl groups is 1. The lowest BCUT2D eigenvalue weighted by Gasteiger charge is -2.33. The Morgan fingerprint density at radius 2 is 2.12 bits per heavy atom. The van der Waals surface area contributed by atoms with E-state index in [1.807, 2.05) is 6.92 Å². The molecule has 1 rings (SSSR count). The summed E-state index contributed by atoms with van der Waals surface area (Å²) in [5.74, 6) is 0.513. The molecule has 3 N–H and O–H groups in total. The van der Waals surface area contributed by atoms with Crippen molar-refractivity contribution in [3.8, 4) is 0 Å². The molecule has 1 aliphatic rings. The summed E-state index contributed by atoms with van der Waals surface area (Å²) in [5.41, 5.74) is 5.85. The third kappa shape index (κ3) is 4.01. The molecule has 0 heterocycles. The van der Waals surface area contributed by atoms with Crippen LogP contribution in [0.4, 0.5) is 0 Å².